The summed E-state index contributed by atoms with van der Waals surface area (Å²) in [6.45, 7) is 0. The Bertz CT molecular complexity index is 631. The second kappa shape index (κ2) is 4.26. The van der Waals surface area contributed by atoms with E-state index >= 15 is 0 Å². The zero-order valence-corrected chi connectivity index (χ0v) is 9.66. The van der Waals surface area contributed by atoms with Crippen LogP contribution in [0.4, 0.5) is 26.3 Å². The second-order valence-electron chi connectivity index (χ2n) is 3.72. The fourth-order valence-corrected chi connectivity index (χ4v) is 1.82. The molecule has 0 aliphatic rings. The van der Waals surface area contributed by atoms with E-state index in [1.54, 1.807) is 0 Å². The molecular formula is C11H4ClF6N. The van der Waals surface area contributed by atoms with Gasteiger partial charge in [0.2, 0.25) is 0 Å². The minimum absolute atomic E-state index is 0.176. The summed E-state index contributed by atoms with van der Waals surface area (Å²) >= 11 is 5.59. The number of pyridine rings is 1. The van der Waals surface area contributed by atoms with Gasteiger partial charge >= 0.3 is 12.4 Å². The highest BCUT2D eigenvalue weighted by atomic mass is 35.5. The van der Waals surface area contributed by atoms with Crippen LogP contribution in [0.1, 0.15) is 11.1 Å². The van der Waals surface area contributed by atoms with Crippen LogP contribution in [0.3, 0.4) is 0 Å². The molecule has 0 radical (unpaired) electrons. The van der Waals surface area contributed by atoms with Crippen LogP contribution in [0.15, 0.2) is 24.4 Å². The predicted molar refractivity (Wildman–Crippen MR) is 56.8 cm³/mol. The maximum absolute atomic E-state index is 12.7. The van der Waals surface area contributed by atoms with Gasteiger partial charge in [-0.2, -0.15) is 26.3 Å². The number of fused-ring (bicyclic) bond motifs is 1. The summed E-state index contributed by atoms with van der Waals surface area (Å²) in [6.07, 6.45) is -9.11. The van der Waals surface area contributed by atoms with Crippen LogP contribution in [-0.4, -0.2) is 4.98 Å². The first-order valence-corrected chi connectivity index (χ1v) is 5.21. The van der Waals surface area contributed by atoms with Crippen molar-refractivity contribution in [1.29, 1.82) is 0 Å². The van der Waals surface area contributed by atoms with Gasteiger partial charge < -0.3 is 0 Å². The first-order valence-electron chi connectivity index (χ1n) is 4.83. The Morgan fingerprint density at radius 1 is 0.895 bits per heavy atom. The van der Waals surface area contributed by atoms with Gasteiger partial charge in [-0.1, -0.05) is 17.7 Å². The molecule has 0 spiro atoms. The maximum Gasteiger partial charge on any atom is 0.418 e. The molecule has 0 bridgehead atoms. The lowest BCUT2D eigenvalue weighted by Crippen LogP contribution is -2.09. The molecule has 2 aromatic rings. The van der Waals surface area contributed by atoms with Gasteiger partial charge in [0.25, 0.3) is 0 Å². The Morgan fingerprint density at radius 2 is 1.53 bits per heavy atom. The van der Waals surface area contributed by atoms with Crippen LogP contribution in [0.2, 0.25) is 5.15 Å². The second-order valence-corrected chi connectivity index (χ2v) is 4.08. The van der Waals surface area contributed by atoms with Crippen molar-refractivity contribution in [2.75, 3.05) is 0 Å². The third-order valence-corrected chi connectivity index (χ3v) is 2.77. The summed E-state index contributed by atoms with van der Waals surface area (Å²) in [7, 11) is 0. The third-order valence-electron chi connectivity index (χ3n) is 2.47. The maximum atomic E-state index is 12.7. The van der Waals surface area contributed by atoms with Gasteiger partial charge in [-0.3, -0.25) is 0 Å². The van der Waals surface area contributed by atoms with Crippen molar-refractivity contribution >= 4 is 22.4 Å². The highest BCUT2D eigenvalue weighted by Gasteiger charge is 2.36. The van der Waals surface area contributed by atoms with Crippen molar-refractivity contribution in [3.63, 3.8) is 0 Å². The van der Waals surface area contributed by atoms with Gasteiger partial charge in [-0.25, -0.2) is 4.98 Å². The number of hydrogen-bond acceptors (Lipinski definition) is 1. The molecule has 0 aliphatic carbocycles. The van der Waals surface area contributed by atoms with E-state index in [1.807, 2.05) is 0 Å². The Morgan fingerprint density at radius 3 is 2.05 bits per heavy atom. The zero-order valence-electron chi connectivity index (χ0n) is 8.90. The lowest BCUT2D eigenvalue weighted by Gasteiger charge is -2.13. The Hall–Kier alpha value is -1.50. The summed E-state index contributed by atoms with van der Waals surface area (Å²) in [6, 6.07) is 1.96. The fourth-order valence-electron chi connectivity index (χ4n) is 1.61. The van der Waals surface area contributed by atoms with Crippen LogP contribution >= 0.6 is 11.6 Å². The predicted octanol–water partition coefficient (Wildman–Crippen LogP) is 4.93. The fraction of sp³-hybridized carbons (Fsp3) is 0.182. The zero-order chi connectivity index (χ0) is 14.4. The third kappa shape index (κ3) is 2.60. The summed E-state index contributed by atoms with van der Waals surface area (Å²) < 4.78 is 75.7. The smallest absolute Gasteiger partial charge is 0.243 e. The molecule has 1 nitrogen and oxygen atoms in total. The van der Waals surface area contributed by atoms with Gasteiger partial charge in [0, 0.05) is 11.6 Å². The van der Waals surface area contributed by atoms with Crippen molar-refractivity contribution in [2.24, 2.45) is 0 Å². The SMILES string of the molecule is FC(F)(F)c1ccc2c(Cl)ncc(C(F)(F)F)c2c1. The monoisotopic (exact) mass is 299 g/mol. The molecule has 0 unspecified atom stereocenters. The average Bonchev–Trinajstić information content (AvgIpc) is 2.26. The number of nitrogens with zero attached hydrogens (tertiary/aromatic N) is 1. The molecule has 1 heterocycles. The molecule has 1 aromatic heterocycles. The lowest BCUT2D eigenvalue weighted by molar-refractivity contribution is -0.139. The largest absolute Gasteiger partial charge is 0.418 e. The van der Waals surface area contributed by atoms with E-state index < -0.39 is 28.9 Å². The van der Waals surface area contributed by atoms with E-state index in [1.165, 1.54) is 0 Å². The van der Waals surface area contributed by atoms with Gasteiger partial charge in [-0.05, 0) is 17.5 Å². The first-order chi connectivity index (χ1) is 8.60. The van der Waals surface area contributed by atoms with Gasteiger partial charge in [0.15, 0.2) is 0 Å². The highest BCUT2D eigenvalue weighted by molar-refractivity contribution is 6.34. The molecule has 0 aliphatic heterocycles. The number of benzene rings is 1. The number of alkyl halides is 6. The van der Waals surface area contributed by atoms with E-state index in [0.29, 0.717) is 18.3 Å². The van der Waals surface area contributed by atoms with E-state index in [9.17, 15) is 26.3 Å². The van der Waals surface area contributed by atoms with E-state index in [-0.39, 0.29) is 10.5 Å². The Kier molecular flexibility index (Phi) is 3.12. The van der Waals surface area contributed by atoms with E-state index in [4.69, 9.17) is 11.6 Å². The summed E-state index contributed by atoms with van der Waals surface area (Å²) in [5.74, 6) is 0. The quantitative estimate of drug-likeness (QED) is 0.497. The minimum atomic E-state index is -4.81. The van der Waals surface area contributed by atoms with Crippen molar-refractivity contribution in [3.8, 4) is 0 Å². The van der Waals surface area contributed by atoms with Crippen LogP contribution in [-0.2, 0) is 12.4 Å². The molecule has 0 amide bonds. The van der Waals surface area contributed by atoms with Gasteiger partial charge in [0.1, 0.15) is 5.15 Å². The molecule has 0 fully saturated rings. The van der Waals surface area contributed by atoms with Crippen molar-refractivity contribution < 1.29 is 26.3 Å². The molecule has 8 heteroatoms. The lowest BCUT2D eigenvalue weighted by atomic mass is 10.0. The van der Waals surface area contributed by atoms with Crippen molar-refractivity contribution in [2.45, 2.75) is 12.4 Å². The van der Waals surface area contributed by atoms with Crippen LogP contribution in [0, 0.1) is 0 Å². The molecule has 102 valence electrons. The van der Waals surface area contributed by atoms with Crippen LogP contribution in [0.25, 0.3) is 10.8 Å². The minimum Gasteiger partial charge on any atom is -0.243 e. The standard InChI is InChI=1S/C11H4ClF6N/c12-9-6-2-1-5(10(13,14)15)3-7(6)8(4-19-9)11(16,17)18/h1-4H. The number of aromatic nitrogens is 1. The molecule has 0 saturated heterocycles. The number of hydrogen-bond donors (Lipinski definition) is 0. The highest BCUT2D eigenvalue weighted by Crippen LogP contribution is 2.39. The normalized spacial score (nSPS) is 13.0. The molecule has 1 aromatic carbocycles. The summed E-state index contributed by atoms with van der Waals surface area (Å²) in [5.41, 5.74) is -2.43. The molecule has 0 atom stereocenters. The van der Waals surface area contributed by atoms with Crippen molar-refractivity contribution in [3.05, 3.63) is 40.7 Å². The Labute approximate surface area is 107 Å². The summed E-state index contributed by atoms with van der Waals surface area (Å²) in [5, 5.41) is -1.08. The van der Waals surface area contributed by atoms with Crippen molar-refractivity contribution in [1.82, 2.24) is 4.98 Å². The number of rotatable bonds is 0. The topological polar surface area (TPSA) is 12.9 Å². The summed E-state index contributed by atoms with van der Waals surface area (Å²) in [4.78, 5) is 3.33. The van der Waals surface area contributed by atoms with Crippen LogP contribution in [0.5, 0.6) is 0 Å². The Balaban J connectivity index is 2.82. The van der Waals surface area contributed by atoms with E-state index in [0.717, 1.165) is 6.07 Å². The molecular weight excluding hydrogens is 296 g/mol. The molecule has 19 heavy (non-hydrogen) atoms. The van der Waals surface area contributed by atoms with Crippen LogP contribution < -0.4 is 0 Å². The number of halogens is 7. The first kappa shape index (κ1) is 13.9. The van der Waals surface area contributed by atoms with E-state index in [2.05, 4.69) is 4.98 Å². The molecule has 2 rings (SSSR count). The molecule has 0 saturated carbocycles. The molecule has 0 N–H and O–H groups in total. The van der Waals surface area contributed by atoms with Gasteiger partial charge in [-0.15, -0.1) is 0 Å². The van der Waals surface area contributed by atoms with Gasteiger partial charge in [0.05, 0.1) is 11.1 Å². The average molecular weight is 300 g/mol.